The third-order valence-corrected chi connectivity index (χ3v) is 3.97. The first-order valence-electron chi connectivity index (χ1n) is 7.19. The van der Waals surface area contributed by atoms with E-state index in [4.69, 9.17) is 32.7 Å². The van der Waals surface area contributed by atoms with Crippen molar-refractivity contribution >= 4 is 47.1 Å². The van der Waals surface area contributed by atoms with Crippen molar-refractivity contribution in [3.05, 3.63) is 69.3 Å². The fourth-order valence-corrected chi connectivity index (χ4v) is 2.42. The second-order valence-electron chi connectivity index (χ2n) is 5.13. The first kappa shape index (κ1) is 17.2. The highest BCUT2D eigenvalue weighted by molar-refractivity contribution is 6.42. The molecule has 1 aliphatic heterocycles. The highest BCUT2D eigenvalue weighted by Crippen LogP contribution is 2.26. The molecule has 3 rings (SSSR count). The van der Waals surface area contributed by atoms with Crippen LogP contribution in [-0.4, -0.2) is 17.8 Å². The molecule has 0 amide bonds. The van der Waals surface area contributed by atoms with E-state index in [-0.39, 0.29) is 11.6 Å². The van der Waals surface area contributed by atoms with Crippen LogP contribution in [0.5, 0.6) is 5.75 Å². The van der Waals surface area contributed by atoms with Crippen molar-refractivity contribution in [2.75, 3.05) is 0 Å². The molecule has 25 heavy (non-hydrogen) atoms. The molecular formula is C18H11Cl2NO4. The van der Waals surface area contributed by atoms with Crippen molar-refractivity contribution in [2.45, 2.75) is 6.92 Å². The maximum Gasteiger partial charge on any atom is 0.363 e. The Labute approximate surface area is 153 Å². The number of hydrogen-bond acceptors (Lipinski definition) is 5. The van der Waals surface area contributed by atoms with E-state index in [1.165, 1.54) is 6.92 Å². The number of esters is 2. The number of rotatable bonds is 3. The number of carbonyl (C=O) groups excluding carboxylic acids is 2. The zero-order valence-electron chi connectivity index (χ0n) is 13.0. The Kier molecular flexibility index (Phi) is 4.88. The summed E-state index contributed by atoms with van der Waals surface area (Å²) in [4.78, 5) is 27.1. The predicted octanol–water partition coefficient (Wildman–Crippen LogP) is 4.26. The lowest BCUT2D eigenvalue weighted by Crippen LogP contribution is -2.05. The summed E-state index contributed by atoms with van der Waals surface area (Å²) in [7, 11) is 0. The van der Waals surface area contributed by atoms with Crippen molar-refractivity contribution in [3.8, 4) is 5.75 Å². The number of hydrogen-bond donors (Lipinski definition) is 0. The summed E-state index contributed by atoms with van der Waals surface area (Å²) in [5, 5.41) is 0.746. The minimum Gasteiger partial charge on any atom is -0.427 e. The maximum atomic E-state index is 12.0. The molecule has 0 N–H and O–H groups in total. The summed E-state index contributed by atoms with van der Waals surface area (Å²) in [6.07, 6.45) is 1.57. The van der Waals surface area contributed by atoms with Gasteiger partial charge >= 0.3 is 11.9 Å². The van der Waals surface area contributed by atoms with Gasteiger partial charge in [-0.2, -0.15) is 0 Å². The van der Waals surface area contributed by atoms with Gasteiger partial charge < -0.3 is 9.47 Å². The molecule has 7 heteroatoms. The van der Waals surface area contributed by atoms with Gasteiger partial charge in [0.2, 0.25) is 5.90 Å². The molecule has 0 bridgehead atoms. The summed E-state index contributed by atoms with van der Waals surface area (Å²) in [5.41, 5.74) is 1.42. The van der Waals surface area contributed by atoms with Crippen molar-refractivity contribution < 1.29 is 19.1 Å². The molecule has 0 radical (unpaired) electrons. The van der Waals surface area contributed by atoms with Gasteiger partial charge in [0.25, 0.3) is 0 Å². The average molecular weight is 376 g/mol. The number of halogens is 2. The van der Waals surface area contributed by atoms with Crippen LogP contribution in [0.4, 0.5) is 0 Å². The van der Waals surface area contributed by atoms with Gasteiger partial charge in [0.1, 0.15) is 5.75 Å². The van der Waals surface area contributed by atoms with E-state index in [0.717, 1.165) is 0 Å². The lowest BCUT2D eigenvalue weighted by molar-refractivity contribution is -0.132. The Morgan fingerprint density at radius 1 is 1.12 bits per heavy atom. The summed E-state index contributed by atoms with van der Waals surface area (Å²) in [6.45, 7) is 1.32. The van der Waals surface area contributed by atoms with Gasteiger partial charge in [-0.25, -0.2) is 9.79 Å². The Morgan fingerprint density at radius 3 is 2.48 bits per heavy atom. The first-order chi connectivity index (χ1) is 11.9. The molecule has 1 heterocycles. The molecule has 0 aliphatic carbocycles. The van der Waals surface area contributed by atoms with Crippen molar-refractivity contribution in [1.29, 1.82) is 0 Å². The molecule has 0 spiro atoms. The van der Waals surface area contributed by atoms with Gasteiger partial charge in [-0.1, -0.05) is 35.3 Å². The molecule has 0 saturated heterocycles. The Bertz CT molecular complexity index is 917. The molecule has 0 unspecified atom stereocenters. The zero-order chi connectivity index (χ0) is 18.0. The molecule has 2 aromatic rings. The Balaban J connectivity index is 1.85. The molecule has 5 nitrogen and oxygen atoms in total. The second-order valence-corrected chi connectivity index (χ2v) is 5.94. The van der Waals surface area contributed by atoms with Crippen LogP contribution in [0.1, 0.15) is 18.1 Å². The molecular weight excluding hydrogens is 365 g/mol. The maximum absolute atomic E-state index is 12.0. The lowest BCUT2D eigenvalue weighted by Gasteiger charge is -2.01. The van der Waals surface area contributed by atoms with E-state index in [0.29, 0.717) is 26.9 Å². The summed E-state index contributed by atoms with van der Waals surface area (Å²) in [6, 6.07) is 11.5. The summed E-state index contributed by atoms with van der Waals surface area (Å²) >= 11 is 11.8. The minimum absolute atomic E-state index is 0.154. The van der Waals surface area contributed by atoms with Crippen LogP contribution < -0.4 is 4.74 Å². The van der Waals surface area contributed by atoms with Gasteiger partial charge in [-0.05, 0) is 42.0 Å². The fourth-order valence-electron chi connectivity index (χ4n) is 2.12. The largest absolute Gasteiger partial charge is 0.427 e. The van der Waals surface area contributed by atoms with Gasteiger partial charge in [-0.3, -0.25) is 4.79 Å². The van der Waals surface area contributed by atoms with Crippen molar-refractivity contribution in [1.82, 2.24) is 0 Å². The van der Waals surface area contributed by atoms with Crippen LogP contribution in [0.25, 0.3) is 6.08 Å². The zero-order valence-corrected chi connectivity index (χ0v) is 14.5. The van der Waals surface area contributed by atoms with Crippen molar-refractivity contribution in [2.24, 2.45) is 4.99 Å². The summed E-state index contributed by atoms with van der Waals surface area (Å²) in [5.74, 6) is -0.388. The third-order valence-electron chi connectivity index (χ3n) is 3.23. The number of benzene rings is 2. The highest BCUT2D eigenvalue weighted by Gasteiger charge is 2.24. The van der Waals surface area contributed by atoms with E-state index in [9.17, 15) is 9.59 Å². The van der Waals surface area contributed by atoms with Crippen LogP contribution in [0.2, 0.25) is 10.0 Å². The van der Waals surface area contributed by atoms with Crippen LogP contribution in [-0.2, 0) is 14.3 Å². The van der Waals surface area contributed by atoms with Crippen LogP contribution in [0.3, 0.4) is 0 Å². The van der Waals surface area contributed by atoms with Gasteiger partial charge in [0, 0.05) is 12.5 Å². The molecule has 2 aromatic carbocycles. The van der Waals surface area contributed by atoms with Gasteiger partial charge in [0.05, 0.1) is 10.0 Å². The standard InChI is InChI=1S/C18H11Cl2NO4/c1-10(22)24-13-5-2-11(3-6-13)8-16-18(23)25-17(21-16)12-4-7-14(19)15(20)9-12/h2-9H,1H3/b16-8-. The number of cyclic esters (lactones) is 1. The van der Waals surface area contributed by atoms with Gasteiger partial charge in [-0.15, -0.1) is 0 Å². The Morgan fingerprint density at radius 2 is 1.84 bits per heavy atom. The molecule has 0 aromatic heterocycles. The fraction of sp³-hybridized carbons (Fsp3) is 0.0556. The molecule has 126 valence electrons. The topological polar surface area (TPSA) is 65.0 Å². The number of aliphatic imine (C=N–C) groups is 1. The van der Waals surface area contributed by atoms with Gasteiger partial charge in [0.15, 0.2) is 5.70 Å². The van der Waals surface area contributed by atoms with E-state index in [1.807, 2.05) is 0 Å². The number of carbonyl (C=O) groups is 2. The number of ether oxygens (including phenoxy) is 2. The highest BCUT2D eigenvalue weighted by atomic mass is 35.5. The monoisotopic (exact) mass is 375 g/mol. The van der Waals surface area contributed by atoms with Crippen LogP contribution in [0, 0.1) is 0 Å². The lowest BCUT2D eigenvalue weighted by atomic mass is 10.2. The first-order valence-corrected chi connectivity index (χ1v) is 7.94. The van der Waals surface area contributed by atoms with E-state index in [2.05, 4.69) is 4.99 Å². The molecule has 0 saturated carbocycles. The average Bonchev–Trinajstić information content (AvgIpc) is 2.92. The minimum atomic E-state index is -0.565. The third kappa shape index (κ3) is 4.07. The molecule has 0 atom stereocenters. The second kappa shape index (κ2) is 7.09. The van der Waals surface area contributed by atoms with Crippen LogP contribution in [0.15, 0.2) is 53.2 Å². The van der Waals surface area contributed by atoms with E-state index < -0.39 is 11.9 Å². The normalized spacial score (nSPS) is 15.1. The molecule has 1 aliphatic rings. The van der Waals surface area contributed by atoms with Crippen LogP contribution >= 0.6 is 23.2 Å². The van der Waals surface area contributed by atoms with E-state index >= 15 is 0 Å². The Hall–Kier alpha value is -2.63. The number of nitrogens with zero attached hydrogens (tertiary/aromatic N) is 1. The molecule has 0 fully saturated rings. The van der Waals surface area contributed by atoms with E-state index in [1.54, 1.807) is 48.5 Å². The smallest absolute Gasteiger partial charge is 0.363 e. The predicted molar refractivity (Wildman–Crippen MR) is 94.8 cm³/mol. The quantitative estimate of drug-likeness (QED) is 0.456. The summed E-state index contributed by atoms with van der Waals surface area (Å²) < 4.78 is 10.1. The SMILES string of the molecule is CC(=O)Oc1ccc(/C=C2\N=C(c3ccc(Cl)c(Cl)c3)OC2=O)cc1. The van der Waals surface area contributed by atoms with Crippen molar-refractivity contribution in [3.63, 3.8) is 0 Å².